The summed E-state index contributed by atoms with van der Waals surface area (Å²) in [5, 5.41) is 29.2. The van der Waals surface area contributed by atoms with Gasteiger partial charge in [-0.3, -0.25) is 0 Å². The predicted molar refractivity (Wildman–Crippen MR) is 80.5 cm³/mol. The normalized spacial score (nSPS) is 2.94. The summed E-state index contributed by atoms with van der Waals surface area (Å²) in [6.07, 6.45) is 0. The fraction of sp³-hybridized carbons (Fsp3) is 0.909. The smallest absolute Gasteiger partial charge is 0 e. The van der Waals surface area contributed by atoms with E-state index in [1.807, 2.05) is 13.8 Å². The third-order valence-electron chi connectivity index (χ3n) is 0.1000. The molecule has 0 fully saturated rings. The Hall–Kier alpha value is -0.460. The van der Waals surface area contributed by atoms with E-state index in [4.69, 9.17) is 25.1 Å². The molecule has 6 N–H and O–H groups in total. The van der Waals surface area contributed by atoms with Gasteiger partial charge in [-0.25, -0.2) is 0 Å². The fourth-order valence-electron chi connectivity index (χ4n) is 0. The van der Waals surface area contributed by atoms with Crippen molar-refractivity contribution in [1.29, 1.82) is 0 Å². The Balaban J connectivity index is -0.00000000305. The molecular formula is C11H42O6. The van der Waals surface area contributed by atoms with Crippen LogP contribution in [0.3, 0.4) is 0 Å². The molecule has 0 aliphatic carbocycles. The van der Waals surface area contributed by atoms with Crippen LogP contribution in [0.4, 0.5) is 0 Å². The Bertz CT molecular complexity index is 41.6. The summed E-state index contributed by atoms with van der Waals surface area (Å²) in [6, 6.07) is 0. The van der Waals surface area contributed by atoms with E-state index in [1.165, 1.54) is 0 Å². The maximum Gasteiger partial charge on any atom is 0 e. The molecular weight excluding hydrogens is 228 g/mol. The number of hydrogen-bond donors (Lipinski definition) is 4. The van der Waals surface area contributed by atoms with E-state index in [0.29, 0.717) is 0 Å². The van der Waals surface area contributed by atoms with Gasteiger partial charge in [0.1, 0.15) is 0 Å². The van der Waals surface area contributed by atoms with Crippen molar-refractivity contribution in [1.82, 2.24) is 0 Å². The molecule has 0 aromatic rings. The van der Waals surface area contributed by atoms with E-state index < -0.39 is 0 Å². The van der Waals surface area contributed by atoms with E-state index in [2.05, 4.69) is 6.65 Å². The Morgan fingerprint density at radius 3 is 0.824 bits per heavy atom. The molecule has 0 bridgehead atoms. The number of aliphatic hydroxyl groups excluding tert-OH is 4. The molecule has 122 valence electrons. The van der Waals surface area contributed by atoms with Gasteiger partial charge in [0.2, 0.25) is 0 Å². The number of aliphatic hydroxyl groups is 4. The van der Waals surface area contributed by atoms with E-state index in [9.17, 15) is 0 Å². The van der Waals surface area contributed by atoms with Crippen molar-refractivity contribution in [3.05, 3.63) is 6.65 Å². The molecule has 0 aliphatic heterocycles. The SMILES string of the molecule is C.C.C.C.CC.CO.CO.O.OCCO.[C-]#[O+].[HH].[HH]. The van der Waals surface area contributed by atoms with E-state index in [0.717, 1.165) is 14.2 Å². The first-order chi connectivity index (χ1) is 5.91. The van der Waals surface area contributed by atoms with Crippen LogP contribution in [-0.4, -0.2) is 53.3 Å². The molecule has 6 heteroatoms. The van der Waals surface area contributed by atoms with Gasteiger partial charge in [-0.2, -0.15) is 0 Å². The van der Waals surface area contributed by atoms with Gasteiger partial charge in [0.15, 0.2) is 0 Å². The molecule has 0 spiro atoms. The first-order valence-electron chi connectivity index (χ1n) is 3.23. The zero-order valence-corrected chi connectivity index (χ0v) is 8.61. The van der Waals surface area contributed by atoms with Gasteiger partial charge in [-0.15, -0.1) is 0 Å². The molecule has 0 saturated heterocycles. The molecule has 0 aromatic heterocycles. The van der Waals surface area contributed by atoms with E-state index >= 15 is 0 Å². The number of hydrogen-bond acceptors (Lipinski definition) is 4. The van der Waals surface area contributed by atoms with Crippen LogP contribution in [-0.2, 0) is 4.65 Å². The molecule has 6 nitrogen and oxygen atoms in total. The van der Waals surface area contributed by atoms with Crippen molar-refractivity contribution in [2.24, 2.45) is 0 Å². The maximum absolute atomic E-state index is 7.62. The summed E-state index contributed by atoms with van der Waals surface area (Å²) >= 11 is 0. The summed E-state index contributed by atoms with van der Waals surface area (Å²) in [4.78, 5) is 0. The Morgan fingerprint density at radius 1 is 0.765 bits per heavy atom. The average molecular weight is 270 g/mol. The van der Waals surface area contributed by atoms with Gasteiger partial charge < -0.3 is 25.9 Å². The van der Waals surface area contributed by atoms with Crippen LogP contribution in [0.2, 0.25) is 0 Å². The first kappa shape index (κ1) is 93.4. The fourth-order valence-corrected chi connectivity index (χ4v) is 0. The largest absolute Gasteiger partial charge is 0 e. The Kier molecular flexibility index (Phi) is 7610. The van der Waals surface area contributed by atoms with E-state index in [-0.39, 0.29) is 51.2 Å². The van der Waals surface area contributed by atoms with Gasteiger partial charge in [0.25, 0.3) is 0 Å². The van der Waals surface area contributed by atoms with Crippen LogP contribution in [0.25, 0.3) is 0 Å². The molecule has 0 aromatic carbocycles. The minimum absolute atomic E-state index is 0. The third kappa shape index (κ3) is 9770. The molecule has 0 rings (SSSR count). The summed E-state index contributed by atoms with van der Waals surface area (Å²) < 4.78 is 7.50. The van der Waals surface area contributed by atoms with Crippen molar-refractivity contribution in [2.45, 2.75) is 43.6 Å². The Morgan fingerprint density at radius 2 is 0.824 bits per heavy atom. The van der Waals surface area contributed by atoms with Gasteiger partial charge >= 0.3 is 11.3 Å². The monoisotopic (exact) mass is 270 g/mol. The Labute approximate surface area is 112 Å². The van der Waals surface area contributed by atoms with Crippen molar-refractivity contribution < 1.29 is 33.4 Å². The van der Waals surface area contributed by atoms with Crippen molar-refractivity contribution in [3.63, 3.8) is 0 Å². The van der Waals surface area contributed by atoms with Crippen LogP contribution in [0.1, 0.15) is 46.4 Å². The average Bonchev–Trinajstić information content (AvgIpc) is 2.29. The first-order valence-corrected chi connectivity index (χ1v) is 3.23. The van der Waals surface area contributed by atoms with Gasteiger partial charge in [-0.1, -0.05) is 43.6 Å². The molecule has 0 unspecified atom stereocenters. The number of rotatable bonds is 1. The standard InChI is InChI=1S/C2H6O2.C2H6.2CH4O.CO.4CH4.H2O.2H2/c3-1-2-4;4*1-2;;;;;;;/h3-4H,1-2H2;1-2H3;2*2H,1H3;;4*1H4;1H2;2*1H. The topological polar surface area (TPSA) is 132 Å². The molecule has 17 heavy (non-hydrogen) atoms. The zero-order chi connectivity index (χ0) is 11.4. The summed E-state index contributed by atoms with van der Waals surface area (Å²) in [7, 11) is 2.00. The van der Waals surface area contributed by atoms with Crippen LogP contribution in [0.15, 0.2) is 0 Å². The molecule has 0 amide bonds. The summed E-state index contributed by atoms with van der Waals surface area (Å²) in [5.41, 5.74) is 0. The van der Waals surface area contributed by atoms with E-state index in [1.54, 1.807) is 0 Å². The second kappa shape index (κ2) is 1390. The molecule has 0 atom stereocenters. The second-order valence-corrected chi connectivity index (χ2v) is 0.447. The predicted octanol–water partition coefficient (Wildman–Crippen LogP) is 1.39. The minimum atomic E-state index is -0.125. The summed E-state index contributed by atoms with van der Waals surface area (Å²) in [5.74, 6) is 0. The van der Waals surface area contributed by atoms with Gasteiger partial charge in [-0.05, 0) is 0 Å². The van der Waals surface area contributed by atoms with Crippen molar-refractivity contribution in [3.8, 4) is 0 Å². The van der Waals surface area contributed by atoms with Crippen LogP contribution in [0, 0.1) is 6.65 Å². The summed E-state index contributed by atoms with van der Waals surface area (Å²) in [6.45, 7) is 8.25. The van der Waals surface area contributed by atoms with Crippen molar-refractivity contribution in [2.75, 3.05) is 27.4 Å². The van der Waals surface area contributed by atoms with Crippen LogP contribution < -0.4 is 0 Å². The quantitative estimate of drug-likeness (QED) is 0.423. The molecule has 0 radical (unpaired) electrons. The molecule has 0 heterocycles. The van der Waals surface area contributed by atoms with Crippen LogP contribution >= 0.6 is 0 Å². The zero-order valence-electron chi connectivity index (χ0n) is 8.61. The van der Waals surface area contributed by atoms with Gasteiger partial charge in [0, 0.05) is 17.1 Å². The van der Waals surface area contributed by atoms with Crippen molar-refractivity contribution >= 4 is 0 Å². The molecule has 0 saturated carbocycles. The third-order valence-corrected chi connectivity index (χ3v) is 0.1000. The molecule has 0 aliphatic rings. The van der Waals surface area contributed by atoms with Crippen LogP contribution in [0.5, 0.6) is 0 Å². The second-order valence-electron chi connectivity index (χ2n) is 0.447. The van der Waals surface area contributed by atoms with Gasteiger partial charge in [0.05, 0.1) is 13.2 Å². The minimum Gasteiger partial charge on any atom is 0 e. The maximum atomic E-state index is 7.62.